The maximum atomic E-state index is 4.66. The molecule has 0 radical (unpaired) electrons. The average Bonchev–Trinajstić information content (AvgIpc) is 2.64. The molecule has 0 saturated carbocycles. The normalized spacial score (nSPS) is 20.1. The monoisotopic (exact) mass is 276 g/mol. The maximum absolute atomic E-state index is 4.66. The fourth-order valence-electron chi connectivity index (χ4n) is 2.97. The molecule has 1 saturated heterocycles. The Kier molecular flexibility index (Phi) is 5.21. The highest BCUT2D eigenvalue weighted by atomic mass is 15.2. The van der Waals surface area contributed by atoms with Gasteiger partial charge in [0.15, 0.2) is 0 Å². The van der Waals surface area contributed by atoms with Gasteiger partial charge in [0.25, 0.3) is 0 Å². The van der Waals surface area contributed by atoms with Crippen molar-refractivity contribution in [2.75, 3.05) is 29.9 Å². The summed E-state index contributed by atoms with van der Waals surface area (Å²) in [6.07, 6.45) is 3.89. The Morgan fingerprint density at radius 1 is 1.30 bits per heavy atom. The lowest BCUT2D eigenvalue weighted by Crippen LogP contribution is -2.26. The molecule has 1 N–H and O–H groups in total. The molecule has 1 aromatic heterocycles. The number of anilines is 2. The van der Waals surface area contributed by atoms with Crippen LogP contribution in [-0.4, -0.2) is 29.6 Å². The van der Waals surface area contributed by atoms with E-state index in [4.69, 9.17) is 0 Å². The van der Waals surface area contributed by atoms with Crippen LogP contribution in [0.5, 0.6) is 0 Å². The van der Waals surface area contributed by atoms with Crippen molar-refractivity contribution >= 4 is 11.8 Å². The summed E-state index contributed by atoms with van der Waals surface area (Å²) in [7, 11) is 0. The topological polar surface area (TPSA) is 41.1 Å². The van der Waals surface area contributed by atoms with Crippen molar-refractivity contribution in [1.29, 1.82) is 0 Å². The second-order valence-corrected chi connectivity index (χ2v) is 6.14. The van der Waals surface area contributed by atoms with Crippen molar-refractivity contribution in [3.8, 4) is 0 Å². The van der Waals surface area contributed by atoms with E-state index in [0.29, 0.717) is 0 Å². The second-order valence-electron chi connectivity index (χ2n) is 6.14. The molecular formula is C16H28N4. The maximum Gasteiger partial charge on any atom is 0.224 e. The van der Waals surface area contributed by atoms with Crippen LogP contribution < -0.4 is 10.2 Å². The number of aryl methyl sites for hydroxylation is 1. The number of nitrogens with zero attached hydrogens (tertiary/aromatic N) is 3. The molecule has 1 atom stereocenters. The number of aromatic nitrogens is 2. The number of nitrogens with one attached hydrogen (secondary N) is 1. The SMILES string of the molecule is CCNc1nc(C)cc(N2CCCC(C(C)C)CC2)n1. The van der Waals surface area contributed by atoms with Crippen LogP contribution >= 0.6 is 0 Å². The predicted molar refractivity (Wildman–Crippen MR) is 85.3 cm³/mol. The van der Waals surface area contributed by atoms with Gasteiger partial charge in [-0.05, 0) is 44.9 Å². The quantitative estimate of drug-likeness (QED) is 0.914. The van der Waals surface area contributed by atoms with Gasteiger partial charge in [-0.3, -0.25) is 0 Å². The molecule has 0 amide bonds. The van der Waals surface area contributed by atoms with Gasteiger partial charge in [0.2, 0.25) is 5.95 Å². The molecule has 1 aliphatic heterocycles. The Labute approximate surface area is 123 Å². The van der Waals surface area contributed by atoms with Gasteiger partial charge >= 0.3 is 0 Å². The van der Waals surface area contributed by atoms with Crippen molar-refractivity contribution in [1.82, 2.24) is 9.97 Å². The zero-order valence-corrected chi connectivity index (χ0v) is 13.3. The summed E-state index contributed by atoms with van der Waals surface area (Å²) < 4.78 is 0. The van der Waals surface area contributed by atoms with Gasteiger partial charge in [-0.15, -0.1) is 0 Å². The Bertz CT molecular complexity index is 430. The van der Waals surface area contributed by atoms with E-state index < -0.39 is 0 Å². The zero-order chi connectivity index (χ0) is 14.5. The summed E-state index contributed by atoms with van der Waals surface area (Å²) >= 11 is 0. The molecule has 0 aliphatic carbocycles. The molecule has 20 heavy (non-hydrogen) atoms. The third-order valence-corrected chi connectivity index (χ3v) is 4.22. The first kappa shape index (κ1) is 15.1. The fraction of sp³-hybridized carbons (Fsp3) is 0.750. The lowest BCUT2D eigenvalue weighted by molar-refractivity contribution is 0.351. The zero-order valence-electron chi connectivity index (χ0n) is 13.3. The number of hydrogen-bond acceptors (Lipinski definition) is 4. The molecule has 1 aromatic rings. The Morgan fingerprint density at radius 2 is 2.10 bits per heavy atom. The van der Waals surface area contributed by atoms with E-state index in [9.17, 15) is 0 Å². The first-order valence-corrected chi connectivity index (χ1v) is 7.94. The number of rotatable bonds is 4. The summed E-state index contributed by atoms with van der Waals surface area (Å²) in [6, 6.07) is 2.11. The van der Waals surface area contributed by atoms with Gasteiger partial charge in [-0.25, -0.2) is 4.98 Å². The minimum atomic E-state index is 0.757. The molecule has 1 aliphatic rings. The van der Waals surface area contributed by atoms with E-state index >= 15 is 0 Å². The Morgan fingerprint density at radius 3 is 2.80 bits per heavy atom. The van der Waals surface area contributed by atoms with Gasteiger partial charge in [0, 0.05) is 31.4 Å². The minimum absolute atomic E-state index is 0.757. The van der Waals surface area contributed by atoms with Crippen molar-refractivity contribution in [2.24, 2.45) is 11.8 Å². The number of hydrogen-bond donors (Lipinski definition) is 1. The third-order valence-electron chi connectivity index (χ3n) is 4.22. The molecule has 112 valence electrons. The van der Waals surface area contributed by atoms with E-state index in [0.717, 1.165) is 48.9 Å². The molecule has 2 heterocycles. The van der Waals surface area contributed by atoms with Crippen molar-refractivity contribution in [3.63, 3.8) is 0 Å². The summed E-state index contributed by atoms with van der Waals surface area (Å²) in [5, 5.41) is 3.22. The van der Waals surface area contributed by atoms with Crippen molar-refractivity contribution in [2.45, 2.75) is 47.0 Å². The minimum Gasteiger partial charge on any atom is -0.356 e. The highest BCUT2D eigenvalue weighted by Crippen LogP contribution is 2.27. The standard InChI is InChI=1S/C16H28N4/c1-5-17-16-18-13(4)11-15(19-16)20-9-6-7-14(8-10-20)12(2)3/h11-12,14H,5-10H2,1-4H3,(H,17,18,19). The lowest BCUT2D eigenvalue weighted by atomic mass is 9.89. The summed E-state index contributed by atoms with van der Waals surface area (Å²) in [6.45, 7) is 11.9. The average molecular weight is 276 g/mol. The summed E-state index contributed by atoms with van der Waals surface area (Å²) in [5.74, 6) is 3.49. The third kappa shape index (κ3) is 3.84. The van der Waals surface area contributed by atoms with Crippen molar-refractivity contribution in [3.05, 3.63) is 11.8 Å². The van der Waals surface area contributed by atoms with Gasteiger partial charge in [0.1, 0.15) is 5.82 Å². The van der Waals surface area contributed by atoms with E-state index in [2.05, 4.69) is 47.0 Å². The first-order chi connectivity index (χ1) is 9.60. The van der Waals surface area contributed by atoms with Crippen LogP contribution in [0.25, 0.3) is 0 Å². The molecule has 0 bridgehead atoms. The predicted octanol–water partition coefficient (Wildman–Crippen LogP) is 3.48. The van der Waals surface area contributed by atoms with Gasteiger partial charge in [-0.1, -0.05) is 13.8 Å². The highest BCUT2D eigenvalue weighted by molar-refractivity contribution is 5.44. The van der Waals surface area contributed by atoms with Crippen LogP contribution in [0.3, 0.4) is 0 Å². The highest BCUT2D eigenvalue weighted by Gasteiger charge is 2.20. The van der Waals surface area contributed by atoms with E-state index in [1.807, 2.05) is 6.92 Å². The molecule has 4 nitrogen and oxygen atoms in total. The van der Waals surface area contributed by atoms with Crippen LogP contribution in [-0.2, 0) is 0 Å². The largest absolute Gasteiger partial charge is 0.356 e. The smallest absolute Gasteiger partial charge is 0.224 e. The Balaban J connectivity index is 2.11. The molecular weight excluding hydrogens is 248 g/mol. The molecule has 1 fully saturated rings. The summed E-state index contributed by atoms with van der Waals surface area (Å²) in [4.78, 5) is 11.5. The first-order valence-electron chi connectivity index (χ1n) is 7.94. The van der Waals surface area contributed by atoms with Crippen LogP contribution in [0, 0.1) is 18.8 Å². The molecule has 0 aromatic carbocycles. The van der Waals surface area contributed by atoms with Crippen LogP contribution in [0.2, 0.25) is 0 Å². The van der Waals surface area contributed by atoms with Crippen LogP contribution in [0.15, 0.2) is 6.07 Å². The second kappa shape index (κ2) is 6.91. The Hall–Kier alpha value is -1.32. The van der Waals surface area contributed by atoms with Gasteiger partial charge in [0.05, 0.1) is 0 Å². The fourth-order valence-corrected chi connectivity index (χ4v) is 2.97. The van der Waals surface area contributed by atoms with Gasteiger partial charge in [-0.2, -0.15) is 4.98 Å². The molecule has 2 rings (SSSR count). The van der Waals surface area contributed by atoms with E-state index in [-0.39, 0.29) is 0 Å². The summed E-state index contributed by atoms with van der Waals surface area (Å²) in [5.41, 5.74) is 1.04. The lowest BCUT2D eigenvalue weighted by Gasteiger charge is -2.23. The van der Waals surface area contributed by atoms with E-state index in [1.165, 1.54) is 19.3 Å². The van der Waals surface area contributed by atoms with E-state index in [1.54, 1.807) is 0 Å². The molecule has 4 heteroatoms. The van der Waals surface area contributed by atoms with Crippen LogP contribution in [0.4, 0.5) is 11.8 Å². The van der Waals surface area contributed by atoms with Crippen molar-refractivity contribution < 1.29 is 0 Å². The molecule has 0 spiro atoms. The van der Waals surface area contributed by atoms with Crippen LogP contribution in [0.1, 0.15) is 45.7 Å². The molecule has 1 unspecified atom stereocenters. The van der Waals surface area contributed by atoms with Gasteiger partial charge < -0.3 is 10.2 Å².